The number of halogens is 1. The Balaban J connectivity index is 1.85. The summed E-state index contributed by atoms with van der Waals surface area (Å²) >= 11 is 0. The molecule has 2 fully saturated rings. The Kier molecular flexibility index (Phi) is 3.77. The van der Waals surface area contributed by atoms with Crippen molar-refractivity contribution in [2.45, 2.75) is 44.2 Å². The van der Waals surface area contributed by atoms with Crippen LogP contribution in [0.4, 0.5) is 4.39 Å². The van der Waals surface area contributed by atoms with Crippen molar-refractivity contribution in [2.75, 3.05) is 7.05 Å². The van der Waals surface area contributed by atoms with Gasteiger partial charge in [0.1, 0.15) is 5.82 Å². The number of nitrogens with zero attached hydrogens (tertiary/aromatic N) is 2. The van der Waals surface area contributed by atoms with Gasteiger partial charge in [0.15, 0.2) is 5.78 Å². The van der Waals surface area contributed by atoms with E-state index in [-0.39, 0.29) is 17.3 Å². The van der Waals surface area contributed by atoms with Crippen LogP contribution in [-0.4, -0.2) is 29.8 Å². The average Bonchev–Trinajstić information content (AvgIpc) is 2.46. The van der Waals surface area contributed by atoms with Crippen LogP contribution >= 0.6 is 0 Å². The van der Waals surface area contributed by atoms with E-state index in [1.807, 2.05) is 6.07 Å². The van der Waals surface area contributed by atoms with E-state index in [0.29, 0.717) is 17.6 Å². The largest absolute Gasteiger partial charge is 0.300 e. The molecule has 1 aromatic carbocycles. The van der Waals surface area contributed by atoms with E-state index < -0.39 is 5.82 Å². The van der Waals surface area contributed by atoms with E-state index in [4.69, 9.17) is 5.26 Å². The molecule has 0 aromatic heterocycles. The maximum Gasteiger partial charge on any atom is 0.167 e. The zero-order valence-electron chi connectivity index (χ0n) is 12.2. The first-order valence-corrected chi connectivity index (χ1v) is 7.56. The second kappa shape index (κ2) is 5.57. The lowest BCUT2D eigenvalue weighted by Crippen LogP contribution is -2.51. The highest BCUT2D eigenvalue weighted by Crippen LogP contribution is 2.37. The number of benzene rings is 1. The number of Topliss-reactive ketones (excluding diaryl/α,β-unsaturated/α-hetero) is 1. The number of hydrogen-bond acceptors (Lipinski definition) is 3. The number of piperidine rings is 2. The lowest BCUT2D eigenvalue weighted by atomic mass is 9.75. The van der Waals surface area contributed by atoms with E-state index in [2.05, 4.69) is 11.9 Å². The van der Waals surface area contributed by atoms with Crippen molar-refractivity contribution in [1.82, 2.24) is 4.90 Å². The third-order valence-electron chi connectivity index (χ3n) is 5.08. The van der Waals surface area contributed by atoms with Gasteiger partial charge in [-0.2, -0.15) is 5.26 Å². The Hall–Kier alpha value is -1.73. The smallest absolute Gasteiger partial charge is 0.167 e. The molecule has 1 aromatic rings. The number of fused-ring (bicyclic) bond motifs is 2. The van der Waals surface area contributed by atoms with Crippen LogP contribution in [0.15, 0.2) is 18.2 Å². The van der Waals surface area contributed by atoms with Gasteiger partial charge in [0, 0.05) is 23.6 Å². The van der Waals surface area contributed by atoms with E-state index >= 15 is 0 Å². The van der Waals surface area contributed by atoms with Crippen molar-refractivity contribution in [3.05, 3.63) is 35.1 Å². The van der Waals surface area contributed by atoms with Crippen LogP contribution in [0.25, 0.3) is 0 Å². The predicted octanol–water partition coefficient (Wildman–Crippen LogP) is 3.14. The van der Waals surface area contributed by atoms with Gasteiger partial charge in [-0.1, -0.05) is 6.42 Å². The molecule has 0 spiro atoms. The molecule has 3 rings (SSSR count). The Bertz CT molecular complexity index is 593. The summed E-state index contributed by atoms with van der Waals surface area (Å²) in [7, 11) is 2.15. The molecule has 0 saturated carbocycles. The van der Waals surface area contributed by atoms with Gasteiger partial charge in [-0.25, -0.2) is 4.39 Å². The maximum atomic E-state index is 13.2. The third kappa shape index (κ3) is 2.58. The topological polar surface area (TPSA) is 44.1 Å². The Morgan fingerprint density at radius 3 is 2.62 bits per heavy atom. The third-order valence-corrected chi connectivity index (χ3v) is 5.08. The minimum Gasteiger partial charge on any atom is -0.300 e. The van der Waals surface area contributed by atoms with E-state index in [0.717, 1.165) is 31.7 Å². The predicted molar refractivity (Wildman–Crippen MR) is 77.4 cm³/mol. The van der Waals surface area contributed by atoms with E-state index in [1.54, 1.807) is 0 Å². The van der Waals surface area contributed by atoms with Gasteiger partial charge in [0.25, 0.3) is 0 Å². The van der Waals surface area contributed by atoms with Crippen LogP contribution in [0, 0.1) is 23.1 Å². The van der Waals surface area contributed by atoms with Gasteiger partial charge in [-0.15, -0.1) is 0 Å². The average molecular weight is 286 g/mol. The normalized spacial score (nSPS) is 28.9. The van der Waals surface area contributed by atoms with Crippen molar-refractivity contribution >= 4 is 5.78 Å². The summed E-state index contributed by atoms with van der Waals surface area (Å²) in [5.41, 5.74) is 0.538. The maximum absolute atomic E-state index is 13.2. The fraction of sp³-hybridized carbons (Fsp3) is 0.529. The van der Waals surface area contributed by atoms with E-state index in [9.17, 15) is 9.18 Å². The second-order valence-corrected chi connectivity index (χ2v) is 6.24. The number of carbonyl (C=O) groups excluding carboxylic acids is 1. The van der Waals surface area contributed by atoms with Crippen LogP contribution in [0.1, 0.15) is 48.0 Å². The van der Waals surface area contributed by atoms with Crippen molar-refractivity contribution in [2.24, 2.45) is 5.92 Å². The zero-order chi connectivity index (χ0) is 15.0. The Labute approximate surface area is 124 Å². The second-order valence-electron chi connectivity index (χ2n) is 6.24. The number of rotatable bonds is 2. The first-order chi connectivity index (χ1) is 10.1. The summed E-state index contributed by atoms with van der Waals surface area (Å²) in [5.74, 6) is -0.492. The number of carbonyl (C=O) groups is 1. The van der Waals surface area contributed by atoms with Crippen LogP contribution < -0.4 is 0 Å². The highest BCUT2D eigenvalue weighted by Gasteiger charge is 2.39. The molecule has 21 heavy (non-hydrogen) atoms. The zero-order valence-corrected chi connectivity index (χ0v) is 12.2. The molecular weight excluding hydrogens is 267 g/mol. The molecule has 2 aliphatic heterocycles. The minimum atomic E-state index is -0.469. The number of nitriles is 1. The molecule has 110 valence electrons. The molecule has 3 nitrogen and oxygen atoms in total. The molecule has 0 N–H and O–H groups in total. The van der Waals surface area contributed by atoms with Crippen molar-refractivity contribution in [3.63, 3.8) is 0 Å². The van der Waals surface area contributed by atoms with Crippen LogP contribution in [0.3, 0.4) is 0 Å². The molecule has 0 aliphatic carbocycles. The molecule has 2 unspecified atom stereocenters. The Morgan fingerprint density at radius 2 is 2.00 bits per heavy atom. The molecule has 2 bridgehead atoms. The summed E-state index contributed by atoms with van der Waals surface area (Å²) in [5, 5.41) is 9.12. The van der Waals surface area contributed by atoms with Gasteiger partial charge in [-0.05, 0) is 50.9 Å². The molecular formula is C17H19FN2O. The van der Waals surface area contributed by atoms with Gasteiger partial charge < -0.3 is 4.90 Å². The number of hydrogen-bond donors (Lipinski definition) is 0. The standard InChI is InChI=1S/C17H19FN2O/c1-20-14-3-2-4-15(20)9-11(8-14)17(21)16-6-5-13(18)7-12(16)10-19/h5-7,11,14-15H,2-4,8-9H2,1H3. The fourth-order valence-electron chi connectivity index (χ4n) is 3.87. The number of ketones is 1. The summed E-state index contributed by atoms with van der Waals surface area (Å²) in [6, 6.07) is 6.77. The monoisotopic (exact) mass is 286 g/mol. The molecule has 2 heterocycles. The van der Waals surface area contributed by atoms with Crippen LogP contribution in [0.2, 0.25) is 0 Å². The summed E-state index contributed by atoms with van der Waals surface area (Å²) < 4.78 is 13.2. The summed E-state index contributed by atoms with van der Waals surface area (Å²) in [6.45, 7) is 0. The molecule has 0 radical (unpaired) electrons. The molecule has 4 heteroatoms. The minimum absolute atomic E-state index is 0.0107. The van der Waals surface area contributed by atoms with Crippen molar-refractivity contribution in [1.29, 1.82) is 5.26 Å². The van der Waals surface area contributed by atoms with Gasteiger partial charge in [0.2, 0.25) is 0 Å². The molecule has 2 atom stereocenters. The van der Waals surface area contributed by atoms with Crippen LogP contribution in [0.5, 0.6) is 0 Å². The SMILES string of the molecule is CN1C2CCCC1CC(C(=O)c1ccc(F)cc1C#N)C2. The Morgan fingerprint density at radius 1 is 1.33 bits per heavy atom. The molecule has 0 amide bonds. The van der Waals surface area contributed by atoms with Crippen molar-refractivity contribution < 1.29 is 9.18 Å². The highest BCUT2D eigenvalue weighted by atomic mass is 19.1. The van der Waals surface area contributed by atoms with Gasteiger partial charge >= 0.3 is 0 Å². The first-order valence-electron chi connectivity index (χ1n) is 7.56. The van der Waals surface area contributed by atoms with Gasteiger partial charge in [0.05, 0.1) is 11.6 Å². The van der Waals surface area contributed by atoms with Gasteiger partial charge in [-0.3, -0.25) is 4.79 Å². The molecule has 2 saturated heterocycles. The van der Waals surface area contributed by atoms with Crippen LogP contribution in [-0.2, 0) is 0 Å². The highest BCUT2D eigenvalue weighted by molar-refractivity contribution is 6.00. The summed E-state index contributed by atoms with van der Waals surface area (Å²) in [6.07, 6.45) is 5.24. The van der Waals surface area contributed by atoms with Crippen molar-refractivity contribution in [3.8, 4) is 6.07 Å². The fourth-order valence-corrected chi connectivity index (χ4v) is 3.87. The van der Waals surface area contributed by atoms with E-state index in [1.165, 1.54) is 18.6 Å². The quantitative estimate of drug-likeness (QED) is 0.784. The lowest BCUT2D eigenvalue weighted by molar-refractivity contribution is 0.0338. The lowest BCUT2D eigenvalue weighted by Gasteiger charge is -2.46. The first kappa shape index (κ1) is 14.2. The molecule has 2 aliphatic rings. The summed E-state index contributed by atoms with van der Waals surface area (Å²) in [4.78, 5) is 15.1.